The highest BCUT2D eigenvalue weighted by Gasteiger charge is 2.12. The number of nitrogens with zero attached hydrogens (tertiary/aromatic N) is 3. The monoisotopic (exact) mass is 301 g/mol. The van der Waals surface area contributed by atoms with Crippen LogP contribution in [0.4, 0.5) is 0 Å². The zero-order chi connectivity index (χ0) is 13.0. The molecule has 0 saturated carbocycles. The minimum atomic E-state index is -0.236. The molecule has 0 aliphatic heterocycles. The quantitative estimate of drug-likeness (QED) is 0.863. The Morgan fingerprint density at radius 1 is 1.28 bits per heavy atom. The molecule has 2 rings (SSSR count). The van der Waals surface area contributed by atoms with Crippen LogP contribution in [-0.4, -0.2) is 9.97 Å². The minimum absolute atomic E-state index is 0.236. The van der Waals surface area contributed by atoms with E-state index in [1.165, 1.54) is 0 Å². The van der Waals surface area contributed by atoms with Crippen molar-refractivity contribution in [1.29, 1.82) is 5.26 Å². The SMILES string of the molecule is CCC(C#N)c1nccc(-c2ccc(Br)cc2)n1. The van der Waals surface area contributed by atoms with Gasteiger partial charge in [-0.15, -0.1) is 0 Å². The number of halogens is 1. The van der Waals surface area contributed by atoms with Crippen molar-refractivity contribution in [1.82, 2.24) is 9.97 Å². The topological polar surface area (TPSA) is 49.6 Å². The summed E-state index contributed by atoms with van der Waals surface area (Å²) in [4.78, 5) is 8.65. The van der Waals surface area contributed by atoms with Gasteiger partial charge in [0.1, 0.15) is 11.7 Å². The molecule has 0 aliphatic carbocycles. The third-order valence-electron chi connectivity index (χ3n) is 2.69. The van der Waals surface area contributed by atoms with Gasteiger partial charge in [0, 0.05) is 16.2 Å². The van der Waals surface area contributed by atoms with E-state index in [0.717, 1.165) is 22.2 Å². The van der Waals surface area contributed by atoms with E-state index in [0.29, 0.717) is 5.82 Å². The Morgan fingerprint density at radius 3 is 2.61 bits per heavy atom. The van der Waals surface area contributed by atoms with Gasteiger partial charge in [0.15, 0.2) is 0 Å². The zero-order valence-corrected chi connectivity index (χ0v) is 11.6. The first kappa shape index (κ1) is 12.7. The highest BCUT2D eigenvalue weighted by atomic mass is 79.9. The van der Waals surface area contributed by atoms with E-state index in [9.17, 15) is 0 Å². The van der Waals surface area contributed by atoms with Crippen molar-refractivity contribution < 1.29 is 0 Å². The second-order valence-electron chi connectivity index (χ2n) is 3.90. The van der Waals surface area contributed by atoms with E-state index >= 15 is 0 Å². The summed E-state index contributed by atoms with van der Waals surface area (Å²) in [5.41, 5.74) is 1.87. The van der Waals surface area contributed by atoms with Crippen LogP contribution in [0.2, 0.25) is 0 Å². The predicted octanol–water partition coefficient (Wildman–Crippen LogP) is 3.92. The van der Waals surface area contributed by atoms with Gasteiger partial charge in [-0.05, 0) is 24.6 Å². The maximum Gasteiger partial charge on any atom is 0.146 e. The average Bonchev–Trinajstić information content (AvgIpc) is 2.41. The molecule has 1 aromatic carbocycles. The summed E-state index contributed by atoms with van der Waals surface area (Å²) in [5, 5.41) is 9.04. The first-order valence-electron chi connectivity index (χ1n) is 5.73. The van der Waals surface area contributed by atoms with E-state index in [1.807, 2.05) is 37.3 Å². The van der Waals surface area contributed by atoms with Crippen LogP contribution in [0.5, 0.6) is 0 Å². The molecule has 3 nitrogen and oxygen atoms in total. The number of hydrogen-bond acceptors (Lipinski definition) is 3. The molecule has 1 atom stereocenters. The van der Waals surface area contributed by atoms with Crippen molar-refractivity contribution in [3.05, 3.63) is 46.8 Å². The van der Waals surface area contributed by atoms with Crippen LogP contribution in [-0.2, 0) is 0 Å². The average molecular weight is 302 g/mol. The molecule has 90 valence electrons. The molecular formula is C14H12BrN3. The molecule has 18 heavy (non-hydrogen) atoms. The van der Waals surface area contributed by atoms with Crippen LogP contribution in [0.1, 0.15) is 25.1 Å². The number of hydrogen-bond donors (Lipinski definition) is 0. The summed E-state index contributed by atoms with van der Waals surface area (Å²) in [6.45, 7) is 1.96. The number of aromatic nitrogens is 2. The van der Waals surface area contributed by atoms with Crippen LogP contribution in [0, 0.1) is 11.3 Å². The Kier molecular flexibility index (Phi) is 4.06. The number of benzene rings is 1. The summed E-state index contributed by atoms with van der Waals surface area (Å²) in [5.74, 6) is 0.362. The maximum absolute atomic E-state index is 9.04. The first-order valence-corrected chi connectivity index (χ1v) is 6.52. The molecule has 0 radical (unpaired) electrons. The number of rotatable bonds is 3. The summed E-state index contributed by atoms with van der Waals surface area (Å²) in [6, 6.07) is 12.0. The van der Waals surface area contributed by atoms with Crippen LogP contribution in [0.3, 0.4) is 0 Å². The lowest BCUT2D eigenvalue weighted by molar-refractivity contribution is 0.752. The number of nitriles is 1. The minimum Gasteiger partial charge on any atom is -0.240 e. The molecule has 4 heteroatoms. The summed E-state index contributed by atoms with van der Waals surface area (Å²) >= 11 is 3.40. The molecule has 0 N–H and O–H groups in total. The van der Waals surface area contributed by atoms with Crippen LogP contribution in [0.25, 0.3) is 11.3 Å². The lowest BCUT2D eigenvalue weighted by Gasteiger charge is -2.06. The first-order chi connectivity index (χ1) is 8.74. The third kappa shape index (κ3) is 2.74. The molecule has 2 aromatic rings. The molecule has 1 unspecified atom stereocenters. The fourth-order valence-electron chi connectivity index (χ4n) is 1.65. The van der Waals surface area contributed by atoms with E-state index in [2.05, 4.69) is 32.0 Å². The van der Waals surface area contributed by atoms with E-state index in [-0.39, 0.29) is 5.92 Å². The Hall–Kier alpha value is -1.73. The van der Waals surface area contributed by atoms with Crippen molar-refractivity contribution in [2.45, 2.75) is 19.3 Å². The van der Waals surface area contributed by atoms with Gasteiger partial charge >= 0.3 is 0 Å². The van der Waals surface area contributed by atoms with E-state index in [4.69, 9.17) is 5.26 Å². The summed E-state index contributed by atoms with van der Waals surface area (Å²) in [6.07, 6.45) is 2.43. The highest BCUT2D eigenvalue weighted by Crippen LogP contribution is 2.22. The van der Waals surface area contributed by atoms with Crippen molar-refractivity contribution in [2.75, 3.05) is 0 Å². The molecule has 1 heterocycles. The second-order valence-corrected chi connectivity index (χ2v) is 4.81. The Bertz CT molecular complexity index is 572. The summed E-state index contributed by atoms with van der Waals surface area (Å²) in [7, 11) is 0. The van der Waals surface area contributed by atoms with E-state index < -0.39 is 0 Å². The molecule has 0 bridgehead atoms. The third-order valence-corrected chi connectivity index (χ3v) is 3.22. The van der Waals surface area contributed by atoms with Gasteiger partial charge < -0.3 is 0 Å². The Labute approximate surface area is 115 Å². The Balaban J connectivity index is 2.38. The lowest BCUT2D eigenvalue weighted by atomic mass is 10.1. The van der Waals surface area contributed by atoms with Crippen molar-refractivity contribution in [3.8, 4) is 17.3 Å². The molecule has 1 aromatic heterocycles. The van der Waals surface area contributed by atoms with Crippen LogP contribution < -0.4 is 0 Å². The highest BCUT2D eigenvalue weighted by molar-refractivity contribution is 9.10. The zero-order valence-electron chi connectivity index (χ0n) is 9.97. The molecule has 0 spiro atoms. The van der Waals surface area contributed by atoms with Gasteiger partial charge in [-0.2, -0.15) is 5.26 Å². The fourth-order valence-corrected chi connectivity index (χ4v) is 1.92. The molecule has 0 amide bonds. The van der Waals surface area contributed by atoms with Gasteiger partial charge in [-0.1, -0.05) is 35.0 Å². The maximum atomic E-state index is 9.04. The molecular weight excluding hydrogens is 290 g/mol. The van der Waals surface area contributed by atoms with Gasteiger partial charge in [0.05, 0.1) is 11.8 Å². The van der Waals surface area contributed by atoms with Gasteiger partial charge in [0.2, 0.25) is 0 Å². The van der Waals surface area contributed by atoms with Crippen molar-refractivity contribution >= 4 is 15.9 Å². The molecule has 0 aliphatic rings. The summed E-state index contributed by atoms with van der Waals surface area (Å²) < 4.78 is 1.03. The molecule has 0 saturated heterocycles. The van der Waals surface area contributed by atoms with Crippen LogP contribution in [0.15, 0.2) is 41.0 Å². The van der Waals surface area contributed by atoms with Gasteiger partial charge in [-0.3, -0.25) is 0 Å². The normalized spacial score (nSPS) is 11.8. The van der Waals surface area contributed by atoms with Crippen LogP contribution >= 0.6 is 15.9 Å². The second kappa shape index (κ2) is 5.74. The van der Waals surface area contributed by atoms with Gasteiger partial charge in [-0.25, -0.2) is 9.97 Å². The van der Waals surface area contributed by atoms with Crippen molar-refractivity contribution in [2.24, 2.45) is 0 Å². The van der Waals surface area contributed by atoms with Crippen molar-refractivity contribution in [3.63, 3.8) is 0 Å². The molecule has 0 fully saturated rings. The Morgan fingerprint density at radius 2 is 2.00 bits per heavy atom. The smallest absolute Gasteiger partial charge is 0.146 e. The standard InChI is InChI=1S/C14H12BrN3/c1-2-10(9-16)14-17-8-7-13(18-14)11-3-5-12(15)6-4-11/h3-8,10H,2H2,1H3. The van der Waals surface area contributed by atoms with E-state index in [1.54, 1.807) is 6.20 Å². The van der Waals surface area contributed by atoms with Gasteiger partial charge in [0.25, 0.3) is 0 Å². The lowest BCUT2D eigenvalue weighted by Crippen LogP contribution is -2.01. The largest absolute Gasteiger partial charge is 0.240 e. The fraction of sp³-hybridized carbons (Fsp3) is 0.214. The predicted molar refractivity (Wildman–Crippen MR) is 73.8 cm³/mol.